The third-order valence-electron chi connectivity index (χ3n) is 2.34. The lowest BCUT2D eigenvalue weighted by Crippen LogP contribution is -2.20. The van der Waals surface area contributed by atoms with Crippen molar-refractivity contribution in [3.05, 3.63) is 34.4 Å². The van der Waals surface area contributed by atoms with E-state index in [9.17, 15) is 10.1 Å². The van der Waals surface area contributed by atoms with Crippen LogP contribution in [-0.4, -0.2) is 50.2 Å². The number of anilines is 1. The van der Waals surface area contributed by atoms with Crippen LogP contribution in [0, 0.1) is 10.1 Å². The van der Waals surface area contributed by atoms with Crippen LogP contribution in [0.3, 0.4) is 0 Å². The van der Waals surface area contributed by atoms with Gasteiger partial charge in [-0.1, -0.05) is 0 Å². The fraction of sp³-hybridized carbons (Fsp3) is 0.500. The molecule has 0 spiro atoms. The first-order chi connectivity index (χ1) is 8.59. The van der Waals surface area contributed by atoms with Crippen molar-refractivity contribution >= 4 is 11.4 Å². The fourth-order valence-corrected chi connectivity index (χ4v) is 1.32. The average Bonchev–Trinajstić information content (AvgIpc) is 2.34. The summed E-state index contributed by atoms with van der Waals surface area (Å²) in [6.07, 6.45) is 0. The lowest BCUT2D eigenvalue weighted by molar-refractivity contribution is -0.384. The van der Waals surface area contributed by atoms with E-state index in [2.05, 4.69) is 10.2 Å². The first kappa shape index (κ1) is 14.4. The van der Waals surface area contributed by atoms with Crippen LogP contribution in [0.5, 0.6) is 0 Å². The lowest BCUT2D eigenvalue weighted by Gasteiger charge is -2.10. The molecule has 0 aliphatic heterocycles. The van der Waals surface area contributed by atoms with Crippen molar-refractivity contribution in [1.82, 2.24) is 4.90 Å². The zero-order valence-corrected chi connectivity index (χ0v) is 10.8. The van der Waals surface area contributed by atoms with Gasteiger partial charge in [0.25, 0.3) is 5.69 Å². The van der Waals surface area contributed by atoms with Crippen molar-refractivity contribution in [2.24, 2.45) is 0 Å². The van der Waals surface area contributed by atoms with Gasteiger partial charge in [-0.15, -0.1) is 0 Å². The molecule has 0 aromatic heterocycles. The summed E-state index contributed by atoms with van der Waals surface area (Å²) in [5.74, 6) is 0. The van der Waals surface area contributed by atoms with Crippen LogP contribution in [0.25, 0.3) is 0 Å². The molecule has 1 aromatic rings. The molecule has 0 radical (unpaired) electrons. The Hall–Kier alpha value is -1.66. The zero-order valence-electron chi connectivity index (χ0n) is 10.8. The van der Waals surface area contributed by atoms with Crippen molar-refractivity contribution in [2.75, 3.05) is 45.7 Å². The van der Waals surface area contributed by atoms with E-state index < -0.39 is 4.92 Å². The average molecular weight is 253 g/mol. The van der Waals surface area contributed by atoms with Gasteiger partial charge in [0.2, 0.25) is 0 Å². The normalized spacial score (nSPS) is 10.6. The van der Waals surface area contributed by atoms with Crippen LogP contribution in [0.2, 0.25) is 0 Å². The van der Waals surface area contributed by atoms with Crippen molar-refractivity contribution in [1.29, 1.82) is 0 Å². The third kappa shape index (κ3) is 5.60. The summed E-state index contributed by atoms with van der Waals surface area (Å²) in [5.41, 5.74) is 0.958. The van der Waals surface area contributed by atoms with Gasteiger partial charge >= 0.3 is 0 Å². The predicted octanol–water partition coefficient (Wildman–Crippen LogP) is 1.58. The van der Waals surface area contributed by atoms with Gasteiger partial charge in [0.15, 0.2) is 0 Å². The van der Waals surface area contributed by atoms with Crippen LogP contribution in [0.15, 0.2) is 24.3 Å². The van der Waals surface area contributed by atoms with E-state index in [0.29, 0.717) is 19.8 Å². The van der Waals surface area contributed by atoms with E-state index >= 15 is 0 Å². The quantitative estimate of drug-likeness (QED) is 0.433. The Kier molecular flexibility index (Phi) is 6.10. The summed E-state index contributed by atoms with van der Waals surface area (Å²) in [7, 11) is 4.00. The maximum atomic E-state index is 10.5. The van der Waals surface area contributed by atoms with Crippen LogP contribution >= 0.6 is 0 Å². The van der Waals surface area contributed by atoms with Crippen LogP contribution < -0.4 is 5.32 Å². The number of hydrogen-bond donors (Lipinski definition) is 1. The standard InChI is InChI=1S/C12H19N3O3/c1-14(2)8-10-18-9-7-13-11-3-5-12(6-4-11)15(16)17/h3-6,13H,7-10H2,1-2H3. The van der Waals surface area contributed by atoms with Gasteiger partial charge in [0.1, 0.15) is 0 Å². The number of nitrogens with zero attached hydrogens (tertiary/aromatic N) is 2. The van der Waals surface area contributed by atoms with Crippen molar-refractivity contribution in [3.8, 4) is 0 Å². The van der Waals surface area contributed by atoms with Crippen molar-refractivity contribution in [2.45, 2.75) is 0 Å². The van der Waals surface area contributed by atoms with Gasteiger partial charge in [-0.3, -0.25) is 10.1 Å². The highest BCUT2D eigenvalue weighted by molar-refractivity contribution is 5.48. The number of rotatable bonds is 8. The molecular formula is C12H19N3O3. The number of benzene rings is 1. The molecule has 100 valence electrons. The number of nitro groups is 1. The van der Waals surface area contributed by atoms with E-state index in [1.165, 1.54) is 12.1 Å². The number of ether oxygens (including phenoxy) is 1. The Morgan fingerprint density at radius 1 is 1.28 bits per heavy atom. The molecule has 1 aromatic carbocycles. The summed E-state index contributed by atoms with van der Waals surface area (Å²) in [6, 6.07) is 6.35. The van der Waals surface area contributed by atoms with Gasteiger partial charge in [-0.2, -0.15) is 0 Å². The number of nitrogens with one attached hydrogen (secondary N) is 1. The van der Waals surface area contributed by atoms with Gasteiger partial charge in [-0.25, -0.2) is 0 Å². The molecule has 0 aliphatic carbocycles. The molecule has 0 fully saturated rings. The van der Waals surface area contributed by atoms with Gasteiger partial charge in [0.05, 0.1) is 18.1 Å². The lowest BCUT2D eigenvalue weighted by atomic mass is 10.3. The Balaban J connectivity index is 2.17. The maximum absolute atomic E-state index is 10.5. The minimum atomic E-state index is -0.409. The Labute approximate surface area is 107 Å². The van der Waals surface area contributed by atoms with Crippen LogP contribution in [0.1, 0.15) is 0 Å². The number of nitro benzene ring substituents is 1. The minimum absolute atomic E-state index is 0.0998. The molecule has 0 atom stereocenters. The van der Waals surface area contributed by atoms with Gasteiger partial charge in [-0.05, 0) is 26.2 Å². The predicted molar refractivity (Wildman–Crippen MR) is 71.0 cm³/mol. The highest BCUT2D eigenvalue weighted by Crippen LogP contribution is 2.14. The zero-order chi connectivity index (χ0) is 13.4. The van der Waals surface area contributed by atoms with Crippen LogP contribution in [0.4, 0.5) is 11.4 Å². The van der Waals surface area contributed by atoms with E-state index in [1.807, 2.05) is 14.1 Å². The molecule has 6 nitrogen and oxygen atoms in total. The summed E-state index contributed by atoms with van der Waals surface area (Å²) in [4.78, 5) is 12.1. The summed E-state index contributed by atoms with van der Waals surface area (Å²) >= 11 is 0. The van der Waals surface area contributed by atoms with Crippen molar-refractivity contribution in [3.63, 3.8) is 0 Å². The number of hydrogen-bond acceptors (Lipinski definition) is 5. The van der Waals surface area contributed by atoms with Crippen molar-refractivity contribution < 1.29 is 9.66 Å². The Morgan fingerprint density at radius 2 is 1.94 bits per heavy atom. The molecule has 0 saturated heterocycles. The monoisotopic (exact) mass is 253 g/mol. The largest absolute Gasteiger partial charge is 0.383 e. The highest BCUT2D eigenvalue weighted by atomic mass is 16.6. The minimum Gasteiger partial charge on any atom is -0.383 e. The summed E-state index contributed by atoms with van der Waals surface area (Å²) < 4.78 is 5.42. The molecule has 0 amide bonds. The van der Waals surface area contributed by atoms with Crippen LogP contribution in [-0.2, 0) is 4.74 Å². The van der Waals surface area contributed by atoms with Gasteiger partial charge in [0, 0.05) is 30.9 Å². The molecule has 0 heterocycles. The summed E-state index contributed by atoms with van der Waals surface area (Å²) in [5, 5.41) is 13.6. The second-order valence-corrected chi connectivity index (χ2v) is 4.15. The second-order valence-electron chi connectivity index (χ2n) is 4.15. The van der Waals surface area contributed by atoms with Gasteiger partial charge < -0.3 is 15.0 Å². The molecule has 1 rings (SSSR count). The van der Waals surface area contributed by atoms with E-state index in [1.54, 1.807) is 12.1 Å². The topological polar surface area (TPSA) is 67.6 Å². The summed E-state index contributed by atoms with van der Waals surface area (Å²) in [6.45, 7) is 2.91. The SMILES string of the molecule is CN(C)CCOCCNc1ccc([N+](=O)[O-])cc1. The highest BCUT2D eigenvalue weighted by Gasteiger charge is 2.03. The second kappa shape index (κ2) is 7.62. The first-order valence-corrected chi connectivity index (χ1v) is 5.80. The number of likely N-dealkylation sites (N-methyl/N-ethyl adjacent to an activating group) is 1. The molecule has 0 bridgehead atoms. The van der Waals surface area contributed by atoms with E-state index in [0.717, 1.165) is 12.2 Å². The van der Waals surface area contributed by atoms with E-state index in [-0.39, 0.29) is 5.69 Å². The molecule has 0 aliphatic rings. The Bertz CT molecular complexity index is 365. The maximum Gasteiger partial charge on any atom is 0.269 e. The number of non-ortho nitro benzene ring substituents is 1. The molecule has 6 heteroatoms. The third-order valence-corrected chi connectivity index (χ3v) is 2.34. The van der Waals surface area contributed by atoms with E-state index in [4.69, 9.17) is 4.74 Å². The molecule has 18 heavy (non-hydrogen) atoms. The molecule has 0 unspecified atom stereocenters. The molecular weight excluding hydrogens is 234 g/mol. The first-order valence-electron chi connectivity index (χ1n) is 5.80. The molecule has 0 saturated carbocycles. The Morgan fingerprint density at radius 3 is 2.50 bits per heavy atom. The smallest absolute Gasteiger partial charge is 0.269 e. The molecule has 1 N–H and O–H groups in total. The fourth-order valence-electron chi connectivity index (χ4n) is 1.32.